The topological polar surface area (TPSA) is 55.4 Å². The standard InChI is InChI=1S/C21H24O6/c1-22-7-12-5-14-16(17-11-27-9-15(12)17)10-26-8-13-6-18(23-2)20(24-3)21(25-4)19(13)14/h5-6H,7-11H2,1-4H3. The van der Waals surface area contributed by atoms with Crippen molar-refractivity contribution in [1.82, 2.24) is 0 Å². The maximum atomic E-state index is 6.01. The van der Waals surface area contributed by atoms with Gasteiger partial charge in [0.05, 0.1) is 54.4 Å². The molecule has 0 aromatic heterocycles. The zero-order valence-electron chi connectivity index (χ0n) is 16.1. The molecule has 6 nitrogen and oxygen atoms in total. The lowest BCUT2D eigenvalue weighted by Gasteiger charge is -2.21. The van der Waals surface area contributed by atoms with Crippen molar-refractivity contribution in [1.29, 1.82) is 0 Å². The fourth-order valence-corrected chi connectivity index (χ4v) is 4.05. The van der Waals surface area contributed by atoms with Crippen LogP contribution in [0.4, 0.5) is 0 Å². The summed E-state index contributed by atoms with van der Waals surface area (Å²) < 4.78 is 34.1. The first-order valence-electron chi connectivity index (χ1n) is 8.86. The molecule has 0 radical (unpaired) electrons. The van der Waals surface area contributed by atoms with Crippen molar-refractivity contribution in [3.8, 4) is 28.4 Å². The van der Waals surface area contributed by atoms with E-state index in [-0.39, 0.29) is 0 Å². The Hall–Kier alpha value is -2.28. The normalized spacial score (nSPS) is 14.8. The molecule has 4 rings (SSSR count). The molecule has 27 heavy (non-hydrogen) atoms. The average Bonchev–Trinajstić information content (AvgIpc) is 3.11. The zero-order valence-corrected chi connectivity index (χ0v) is 16.1. The van der Waals surface area contributed by atoms with Gasteiger partial charge in [-0.1, -0.05) is 0 Å². The van der Waals surface area contributed by atoms with E-state index in [4.69, 9.17) is 28.4 Å². The Kier molecular flexibility index (Phi) is 4.95. The third kappa shape index (κ3) is 2.84. The van der Waals surface area contributed by atoms with E-state index in [1.54, 1.807) is 28.4 Å². The van der Waals surface area contributed by atoms with Crippen molar-refractivity contribution in [3.05, 3.63) is 39.9 Å². The predicted octanol–water partition coefficient (Wildman–Crippen LogP) is 3.59. The van der Waals surface area contributed by atoms with Gasteiger partial charge in [0.1, 0.15) is 0 Å². The van der Waals surface area contributed by atoms with E-state index in [2.05, 4.69) is 6.07 Å². The first kappa shape index (κ1) is 18.1. The molecular weight excluding hydrogens is 348 g/mol. The number of rotatable bonds is 5. The third-order valence-electron chi connectivity index (χ3n) is 5.24. The Morgan fingerprint density at radius 3 is 2.19 bits per heavy atom. The summed E-state index contributed by atoms with van der Waals surface area (Å²) in [5.41, 5.74) is 7.75. The molecule has 0 aliphatic carbocycles. The van der Waals surface area contributed by atoms with Crippen molar-refractivity contribution in [2.24, 2.45) is 0 Å². The quantitative estimate of drug-likeness (QED) is 0.800. The molecule has 0 amide bonds. The SMILES string of the molecule is COCc1cc2c(c3c1COC3)COCc1cc(OC)c(OC)c(OC)c1-2. The molecule has 0 saturated carbocycles. The van der Waals surface area contributed by atoms with Gasteiger partial charge < -0.3 is 28.4 Å². The van der Waals surface area contributed by atoms with Crippen LogP contribution in [0.1, 0.15) is 27.8 Å². The minimum atomic E-state index is 0.468. The van der Waals surface area contributed by atoms with Crippen LogP contribution in [0.15, 0.2) is 12.1 Å². The molecule has 0 fully saturated rings. The van der Waals surface area contributed by atoms with Crippen LogP contribution < -0.4 is 14.2 Å². The van der Waals surface area contributed by atoms with Gasteiger partial charge in [-0.15, -0.1) is 0 Å². The summed E-state index contributed by atoms with van der Waals surface area (Å²) in [5, 5.41) is 0. The highest BCUT2D eigenvalue weighted by molar-refractivity contribution is 5.83. The largest absolute Gasteiger partial charge is 0.493 e. The fraction of sp³-hybridized carbons (Fsp3) is 0.429. The monoisotopic (exact) mass is 372 g/mol. The molecule has 2 aromatic rings. The maximum absolute atomic E-state index is 6.01. The molecule has 0 bridgehead atoms. The van der Waals surface area contributed by atoms with Crippen molar-refractivity contribution in [2.45, 2.75) is 33.0 Å². The zero-order chi connectivity index (χ0) is 19.0. The molecule has 2 aliphatic rings. The van der Waals surface area contributed by atoms with Crippen LogP contribution in [0.25, 0.3) is 11.1 Å². The third-order valence-corrected chi connectivity index (χ3v) is 5.24. The number of fused-ring (bicyclic) bond motifs is 5. The number of methoxy groups -OCH3 is 4. The van der Waals surface area contributed by atoms with Crippen molar-refractivity contribution >= 4 is 0 Å². The van der Waals surface area contributed by atoms with Gasteiger partial charge in [0.2, 0.25) is 5.75 Å². The Labute approximate surface area is 158 Å². The lowest BCUT2D eigenvalue weighted by molar-refractivity contribution is 0.106. The van der Waals surface area contributed by atoms with Crippen molar-refractivity contribution < 1.29 is 28.4 Å². The smallest absolute Gasteiger partial charge is 0.203 e. The first-order chi connectivity index (χ1) is 13.2. The van der Waals surface area contributed by atoms with Gasteiger partial charge >= 0.3 is 0 Å². The number of hydrogen-bond donors (Lipinski definition) is 0. The highest BCUT2D eigenvalue weighted by Gasteiger charge is 2.30. The van der Waals surface area contributed by atoms with Gasteiger partial charge in [-0.3, -0.25) is 0 Å². The lowest BCUT2D eigenvalue weighted by Crippen LogP contribution is -2.04. The van der Waals surface area contributed by atoms with Crippen LogP contribution >= 0.6 is 0 Å². The van der Waals surface area contributed by atoms with Crippen LogP contribution in [-0.2, 0) is 47.2 Å². The summed E-state index contributed by atoms with van der Waals surface area (Å²) in [5.74, 6) is 1.86. The minimum Gasteiger partial charge on any atom is -0.493 e. The summed E-state index contributed by atoms with van der Waals surface area (Å²) in [6.07, 6.45) is 0. The van der Waals surface area contributed by atoms with E-state index in [1.165, 1.54) is 11.1 Å². The summed E-state index contributed by atoms with van der Waals surface area (Å²) in [6, 6.07) is 4.14. The van der Waals surface area contributed by atoms with E-state index in [1.807, 2.05) is 6.07 Å². The highest BCUT2D eigenvalue weighted by Crippen LogP contribution is 2.50. The van der Waals surface area contributed by atoms with Crippen LogP contribution in [0.5, 0.6) is 17.2 Å². The minimum absolute atomic E-state index is 0.468. The van der Waals surface area contributed by atoms with E-state index >= 15 is 0 Å². The molecular formula is C21H24O6. The number of hydrogen-bond acceptors (Lipinski definition) is 6. The molecule has 2 aromatic carbocycles. The average molecular weight is 372 g/mol. The second-order valence-electron chi connectivity index (χ2n) is 6.62. The van der Waals surface area contributed by atoms with Crippen molar-refractivity contribution in [3.63, 3.8) is 0 Å². The lowest BCUT2D eigenvalue weighted by atomic mass is 9.88. The first-order valence-corrected chi connectivity index (χ1v) is 8.86. The fourth-order valence-electron chi connectivity index (χ4n) is 4.05. The second-order valence-corrected chi connectivity index (χ2v) is 6.62. The van der Waals surface area contributed by atoms with Crippen LogP contribution in [-0.4, -0.2) is 28.4 Å². The van der Waals surface area contributed by atoms with E-state index < -0.39 is 0 Å². The van der Waals surface area contributed by atoms with Crippen LogP contribution in [0.2, 0.25) is 0 Å². The summed E-state index contributed by atoms with van der Waals surface area (Å²) in [7, 11) is 6.60. The van der Waals surface area contributed by atoms with Gasteiger partial charge in [0.25, 0.3) is 0 Å². The molecule has 0 saturated heterocycles. The molecule has 0 N–H and O–H groups in total. The number of benzene rings is 2. The van der Waals surface area contributed by atoms with E-state index in [0.717, 1.165) is 27.8 Å². The van der Waals surface area contributed by atoms with Gasteiger partial charge in [0.15, 0.2) is 11.5 Å². The van der Waals surface area contributed by atoms with Crippen molar-refractivity contribution in [2.75, 3.05) is 28.4 Å². The Bertz CT molecular complexity index is 874. The summed E-state index contributed by atoms with van der Waals surface area (Å²) in [6.45, 7) is 2.72. The number of ether oxygens (including phenoxy) is 6. The van der Waals surface area contributed by atoms with Gasteiger partial charge in [-0.2, -0.15) is 0 Å². The molecule has 2 heterocycles. The molecule has 144 valence electrons. The molecule has 0 spiro atoms. The molecule has 0 atom stereocenters. The van der Waals surface area contributed by atoms with Gasteiger partial charge in [-0.25, -0.2) is 0 Å². The summed E-state index contributed by atoms with van der Waals surface area (Å²) in [4.78, 5) is 0. The maximum Gasteiger partial charge on any atom is 0.203 e. The van der Waals surface area contributed by atoms with Crippen LogP contribution in [0.3, 0.4) is 0 Å². The van der Waals surface area contributed by atoms with Gasteiger partial charge in [-0.05, 0) is 45.5 Å². The molecule has 0 unspecified atom stereocenters. The molecule has 6 heteroatoms. The Balaban J connectivity index is 2.04. The Morgan fingerprint density at radius 1 is 0.778 bits per heavy atom. The Morgan fingerprint density at radius 2 is 1.48 bits per heavy atom. The summed E-state index contributed by atoms with van der Waals surface area (Å²) >= 11 is 0. The predicted molar refractivity (Wildman–Crippen MR) is 99.2 cm³/mol. The van der Waals surface area contributed by atoms with E-state index in [0.29, 0.717) is 50.3 Å². The second kappa shape index (κ2) is 7.38. The molecule has 2 aliphatic heterocycles. The van der Waals surface area contributed by atoms with Gasteiger partial charge in [0, 0.05) is 12.7 Å². The van der Waals surface area contributed by atoms with E-state index in [9.17, 15) is 0 Å². The van der Waals surface area contributed by atoms with Crippen LogP contribution in [0, 0.1) is 0 Å². The highest BCUT2D eigenvalue weighted by atomic mass is 16.5.